The highest BCUT2D eigenvalue weighted by Gasteiger charge is 2.21. The Bertz CT molecular complexity index is 205. The van der Waals surface area contributed by atoms with Gasteiger partial charge in [0.15, 0.2) is 0 Å². The van der Waals surface area contributed by atoms with Gasteiger partial charge in [-0.05, 0) is 13.8 Å². The third-order valence-electron chi connectivity index (χ3n) is 3.22. The Labute approximate surface area is 111 Å². The molecule has 1 saturated heterocycles. The van der Waals surface area contributed by atoms with E-state index in [-0.39, 0.29) is 0 Å². The highest BCUT2D eigenvalue weighted by Crippen LogP contribution is 2.05. The Balaban J connectivity index is 1.93. The van der Waals surface area contributed by atoms with Gasteiger partial charge in [-0.2, -0.15) is 0 Å². The van der Waals surface area contributed by atoms with Gasteiger partial charge in [0, 0.05) is 38.8 Å². The molecule has 2 unspecified atom stereocenters. The van der Waals surface area contributed by atoms with Crippen LogP contribution in [0.4, 0.5) is 0 Å². The number of ether oxygens (including phenoxy) is 3. The fourth-order valence-electron chi connectivity index (χ4n) is 2.05. The third-order valence-corrected chi connectivity index (χ3v) is 3.22. The standard InChI is InChI=1S/C13H28N2O3/c1-12-11-15(13(2)10-14-12)4-5-17-8-9-18-7-6-16-3/h12-14H,4-11H2,1-3H3. The molecule has 0 spiro atoms. The van der Waals surface area contributed by atoms with Gasteiger partial charge in [-0.25, -0.2) is 0 Å². The summed E-state index contributed by atoms with van der Waals surface area (Å²) in [5.74, 6) is 0. The van der Waals surface area contributed by atoms with Crippen LogP contribution in [0.15, 0.2) is 0 Å². The molecule has 0 aromatic rings. The van der Waals surface area contributed by atoms with Crippen LogP contribution in [-0.4, -0.2) is 76.8 Å². The van der Waals surface area contributed by atoms with Gasteiger partial charge in [0.1, 0.15) is 0 Å². The molecule has 1 aliphatic heterocycles. The van der Waals surface area contributed by atoms with E-state index in [1.807, 2.05) is 0 Å². The Kier molecular flexibility index (Phi) is 8.54. The predicted molar refractivity (Wildman–Crippen MR) is 72.0 cm³/mol. The van der Waals surface area contributed by atoms with Crippen LogP contribution in [0.2, 0.25) is 0 Å². The first-order chi connectivity index (χ1) is 8.74. The van der Waals surface area contributed by atoms with Crippen LogP contribution in [-0.2, 0) is 14.2 Å². The van der Waals surface area contributed by atoms with Gasteiger partial charge in [0.25, 0.3) is 0 Å². The number of methoxy groups -OCH3 is 1. The van der Waals surface area contributed by atoms with E-state index in [1.54, 1.807) is 7.11 Å². The summed E-state index contributed by atoms with van der Waals surface area (Å²) in [6.07, 6.45) is 0. The number of nitrogens with one attached hydrogen (secondary N) is 1. The van der Waals surface area contributed by atoms with Crippen molar-refractivity contribution in [3.8, 4) is 0 Å². The summed E-state index contributed by atoms with van der Waals surface area (Å²) in [5.41, 5.74) is 0. The Morgan fingerprint density at radius 2 is 1.72 bits per heavy atom. The van der Waals surface area contributed by atoms with Crippen molar-refractivity contribution in [2.24, 2.45) is 0 Å². The summed E-state index contributed by atoms with van der Waals surface area (Å²) in [5, 5.41) is 3.48. The predicted octanol–water partition coefficient (Wildman–Crippen LogP) is 0.348. The molecule has 0 bridgehead atoms. The molecule has 0 aromatic carbocycles. The first kappa shape index (κ1) is 15.9. The molecule has 108 valence electrons. The average Bonchev–Trinajstić information content (AvgIpc) is 2.36. The average molecular weight is 260 g/mol. The van der Waals surface area contributed by atoms with Gasteiger partial charge in [-0.3, -0.25) is 4.90 Å². The minimum absolute atomic E-state index is 0.582. The van der Waals surface area contributed by atoms with E-state index < -0.39 is 0 Å². The third kappa shape index (κ3) is 6.66. The molecule has 1 aliphatic rings. The highest BCUT2D eigenvalue weighted by atomic mass is 16.5. The lowest BCUT2D eigenvalue weighted by molar-refractivity contribution is 0.0140. The minimum Gasteiger partial charge on any atom is -0.382 e. The van der Waals surface area contributed by atoms with Crippen LogP contribution in [0.25, 0.3) is 0 Å². The lowest BCUT2D eigenvalue weighted by atomic mass is 10.1. The van der Waals surface area contributed by atoms with E-state index >= 15 is 0 Å². The van der Waals surface area contributed by atoms with E-state index in [1.165, 1.54) is 0 Å². The monoisotopic (exact) mass is 260 g/mol. The van der Waals surface area contributed by atoms with Gasteiger partial charge in [-0.1, -0.05) is 0 Å². The molecule has 0 amide bonds. The first-order valence-electron chi connectivity index (χ1n) is 6.86. The normalized spacial score (nSPS) is 25.5. The van der Waals surface area contributed by atoms with E-state index in [2.05, 4.69) is 24.1 Å². The first-order valence-corrected chi connectivity index (χ1v) is 6.86. The largest absolute Gasteiger partial charge is 0.382 e. The van der Waals surface area contributed by atoms with Gasteiger partial charge in [-0.15, -0.1) is 0 Å². The van der Waals surface area contributed by atoms with E-state index in [4.69, 9.17) is 14.2 Å². The van der Waals surface area contributed by atoms with Crippen LogP contribution >= 0.6 is 0 Å². The summed E-state index contributed by atoms with van der Waals surface area (Å²) in [6, 6.07) is 1.18. The van der Waals surface area contributed by atoms with Gasteiger partial charge in [0.05, 0.1) is 33.0 Å². The van der Waals surface area contributed by atoms with Crippen molar-refractivity contribution in [2.45, 2.75) is 25.9 Å². The molecular formula is C13H28N2O3. The lowest BCUT2D eigenvalue weighted by Crippen LogP contribution is -2.54. The number of hydrogen-bond acceptors (Lipinski definition) is 5. The van der Waals surface area contributed by atoms with Crippen molar-refractivity contribution in [2.75, 3.05) is 59.8 Å². The second-order valence-corrected chi connectivity index (χ2v) is 4.87. The number of piperazine rings is 1. The van der Waals surface area contributed by atoms with Gasteiger partial charge >= 0.3 is 0 Å². The molecule has 0 aliphatic carbocycles. The lowest BCUT2D eigenvalue weighted by Gasteiger charge is -2.37. The van der Waals surface area contributed by atoms with Crippen molar-refractivity contribution >= 4 is 0 Å². The zero-order chi connectivity index (χ0) is 13.2. The summed E-state index contributed by atoms with van der Waals surface area (Å²) in [6.45, 7) is 11.1. The highest BCUT2D eigenvalue weighted by molar-refractivity contribution is 4.80. The Morgan fingerprint density at radius 3 is 2.44 bits per heavy atom. The van der Waals surface area contributed by atoms with Crippen molar-refractivity contribution in [1.82, 2.24) is 10.2 Å². The van der Waals surface area contributed by atoms with Crippen LogP contribution in [0, 0.1) is 0 Å². The summed E-state index contributed by atoms with van der Waals surface area (Å²) in [4.78, 5) is 2.48. The molecule has 1 rings (SSSR count). The van der Waals surface area contributed by atoms with Crippen molar-refractivity contribution < 1.29 is 14.2 Å². The zero-order valence-electron chi connectivity index (χ0n) is 12.0. The second kappa shape index (κ2) is 9.69. The number of rotatable bonds is 9. The Hall–Kier alpha value is -0.200. The number of hydrogen-bond donors (Lipinski definition) is 1. The van der Waals surface area contributed by atoms with E-state index in [0.717, 1.165) is 26.2 Å². The molecule has 0 saturated carbocycles. The van der Waals surface area contributed by atoms with Crippen LogP contribution in [0.3, 0.4) is 0 Å². The molecule has 0 radical (unpaired) electrons. The molecule has 1 heterocycles. The molecule has 1 N–H and O–H groups in total. The summed E-state index contributed by atoms with van der Waals surface area (Å²) in [7, 11) is 1.68. The maximum absolute atomic E-state index is 5.57. The van der Waals surface area contributed by atoms with Crippen molar-refractivity contribution in [3.63, 3.8) is 0 Å². The molecule has 0 aromatic heterocycles. The minimum atomic E-state index is 0.582. The molecule has 1 fully saturated rings. The topological polar surface area (TPSA) is 43.0 Å². The molecule has 2 atom stereocenters. The maximum Gasteiger partial charge on any atom is 0.0701 e. The molecule has 5 heteroatoms. The smallest absolute Gasteiger partial charge is 0.0701 e. The van der Waals surface area contributed by atoms with Crippen LogP contribution in [0.1, 0.15) is 13.8 Å². The van der Waals surface area contributed by atoms with Crippen molar-refractivity contribution in [3.05, 3.63) is 0 Å². The van der Waals surface area contributed by atoms with Crippen molar-refractivity contribution in [1.29, 1.82) is 0 Å². The Morgan fingerprint density at radius 1 is 1.06 bits per heavy atom. The second-order valence-electron chi connectivity index (χ2n) is 4.87. The molecular weight excluding hydrogens is 232 g/mol. The van der Waals surface area contributed by atoms with Crippen LogP contribution in [0.5, 0.6) is 0 Å². The maximum atomic E-state index is 5.57. The quantitative estimate of drug-likeness (QED) is 0.606. The summed E-state index contributed by atoms with van der Waals surface area (Å²) >= 11 is 0. The van der Waals surface area contributed by atoms with Crippen LogP contribution < -0.4 is 5.32 Å². The fourth-order valence-corrected chi connectivity index (χ4v) is 2.05. The molecule has 5 nitrogen and oxygen atoms in total. The summed E-state index contributed by atoms with van der Waals surface area (Å²) < 4.78 is 15.8. The fraction of sp³-hybridized carbons (Fsp3) is 1.00. The van der Waals surface area contributed by atoms with E-state index in [0.29, 0.717) is 38.5 Å². The van der Waals surface area contributed by atoms with Gasteiger partial charge < -0.3 is 19.5 Å². The van der Waals surface area contributed by atoms with E-state index in [9.17, 15) is 0 Å². The SMILES string of the molecule is COCCOCCOCCN1CC(C)NCC1C. The molecule has 18 heavy (non-hydrogen) atoms. The zero-order valence-corrected chi connectivity index (χ0v) is 12.0. The van der Waals surface area contributed by atoms with Gasteiger partial charge in [0.2, 0.25) is 0 Å². The number of nitrogens with zero attached hydrogens (tertiary/aromatic N) is 1.